The number of hydrogen-bond acceptors (Lipinski definition) is 8. The Morgan fingerprint density at radius 3 is 1.48 bits per heavy atom. The topological polar surface area (TPSA) is 172 Å². The van der Waals surface area contributed by atoms with Crippen LogP contribution in [0.2, 0.25) is 0 Å². The fourth-order valence-corrected chi connectivity index (χ4v) is 3.74. The molecule has 11 heteroatoms. The van der Waals surface area contributed by atoms with Crippen LogP contribution in [0.4, 0.5) is 22.7 Å². The summed E-state index contributed by atoms with van der Waals surface area (Å²) in [5, 5.41) is 21.6. The Hall–Kier alpha value is -3.21. The second kappa shape index (κ2) is 7.99. The average Bonchev–Trinajstić information content (AvgIpc) is 2.60. The van der Waals surface area contributed by atoms with Crippen LogP contribution < -0.4 is 11.5 Å². The number of rotatable bonds is 8. The van der Waals surface area contributed by atoms with Crippen LogP contribution in [0, 0.1) is 20.2 Å². The highest BCUT2D eigenvalue weighted by Crippen LogP contribution is 2.22. The van der Waals surface area contributed by atoms with Crippen molar-refractivity contribution in [1.29, 1.82) is 0 Å². The summed E-state index contributed by atoms with van der Waals surface area (Å²) in [6.07, 6.45) is 0.0561. The van der Waals surface area contributed by atoms with Crippen LogP contribution in [-0.4, -0.2) is 29.8 Å². The number of aryl methyl sites for hydroxylation is 2. The number of anilines is 2. The predicted molar refractivity (Wildman–Crippen MR) is 101 cm³/mol. The van der Waals surface area contributed by atoms with E-state index < -0.39 is 19.7 Å². The molecule has 2 aromatic rings. The summed E-state index contributed by atoms with van der Waals surface area (Å²) >= 11 is 0. The molecule has 4 N–H and O–H groups in total. The second-order valence-electron chi connectivity index (χ2n) is 5.93. The smallest absolute Gasteiger partial charge is 0.269 e. The van der Waals surface area contributed by atoms with Gasteiger partial charge in [0.25, 0.3) is 11.4 Å². The van der Waals surface area contributed by atoms with Crippen LogP contribution in [0.15, 0.2) is 36.4 Å². The summed E-state index contributed by atoms with van der Waals surface area (Å²) in [5.74, 6) is -0.513. The van der Waals surface area contributed by atoms with E-state index in [0.29, 0.717) is 11.1 Å². The van der Waals surface area contributed by atoms with E-state index in [9.17, 15) is 28.6 Å². The number of benzene rings is 2. The van der Waals surface area contributed by atoms with Crippen molar-refractivity contribution in [3.63, 3.8) is 0 Å². The maximum absolute atomic E-state index is 12.3. The Kier molecular flexibility index (Phi) is 5.95. The molecule has 27 heavy (non-hydrogen) atoms. The molecule has 0 atom stereocenters. The zero-order chi connectivity index (χ0) is 20.2. The number of nitro benzene ring substituents is 2. The van der Waals surface area contributed by atoms with E-state index in [2.05, 4.69) is 0 Å². The molecule has 0 amide bonds. The van der Waals surface area contributed by atoms with Gasteiger partial charge in [-0.2, -0.15) is 0 Å². The molecular formula is C16H18N4O6S. The van der Waals surface area contributed by atoms with Gasteiger partial charge in [-0.25, -0.2) is 8.42 Å². The minimum absolute atomic E-state index is 0.0280. The predicted octanol–water partition coefficient (Wildman–Crippen LogP) is 1.87. The van der Waals surface area contributed by atoms with Crippen LogP contribution in [-0.2, 0) is 22.7 Å². The van der Waals surface area contributed by atoms with Crippen molar-refractivity contribution in [3.8, 4) is 0 Å². The molecular weight excluding hydrogens is 376 g/mol. The van der Waals surface area contributed by atoms with Gasteiger partial charge in [0.1, 0.15) is 0 Å². The Bertz CT molecular complexity index is 917. The molecule has 2 rings (SSSR count). The van der Waals surface area contributed by atoms with Crippen molar-refractivity contribution in [2.75, 3.05) is 23.0 Å². The Morgan fingerprint density at radius 2 is 1.15 bits per heavy atom. The molecule has 0 saturated carbocycles. The molecule has 0 unspecified atom stereocenters. The third-order valence-corrected chi connectivity index (χ3v) is 5.69. The standard InChI is InChI=1S/C16H18N4O6S/c17-15-3-1-13(19(21)22)9-11(15)5-7-27(25,26)8-6-12-10-14(20(23)24)2-4-16(12)18/h1-4,9-10H,5-8,17-18H2. The van der Waals surface area contributed by atoms with Gasteiger partial charge in [0.05, 0.1) is 21.4 Å². The summed E-state index contributed by atoms with van der Waals surface area (Å²) in [7, 11) is -3.53. The molecule has 0 aliphatic heterocycles. The van der Waals surface area contributed by atoms with Crippen LogP contribution in [0.5, 0.6) is 0 Å². The van der Waals surface area contributed by atoms with Gasteiger partial charge in [0.2, 0.25) is 0 Å². The van der Waals surface area contributed by atoms with Crippen LogP contribution in [0.1, 0.15) is 11.1 Å². The van der Waals surface area contributed by atoms with E-state index in [1.807, 2.05) is 0 Å². The third kappa shape index (κ3) is 5.38. The van der Waals surface area contributed by atoms with E-state index in [4.69, 9.17) is 11.5 Å². The zero-order valence-corrected chi connectivity index (χ0v) is 15.0. The lowest BCUT2D eigenvalue weighted by molar-refractivity contribution is -0.385. The fraction of sp³-hybridized carbons (Fsp3) is 0.250. The first-order chi connectivity index (χ1) is 12.6. The summed E-state index contributed by atoms with van der Waals surface area (Å²) in [6, 6.07) is 7.73. The normalized spacial score (nSPS) is 11.3. The van der Waals surface area contributed by atoms with Gasteiger partial charge < -0.3 is 11.5 Å². The second-order valence-corrected chi connectivity index (χ2v) is 8.24. The number of nitrogens with two attached hydrogens (primary N) is 2. The van der Waals surface area contributed by atoms with Crippen molar-refractivity contribution < 1.29 is 18.3 Å². The zero-order valence-electron chi connectivity index (χ0n) is 14.2. The van der Waals surface area contributed by atoms with Gasteiger partial charge in [-0.15, -0.1) is 0 Å². The third-order valence-electron chi connectivity index (χ3n) is 4.04. The molecule has 144 valence electrons. The van der Waals surface area contributed by atoms with E-state index in [0.717, 1.165) is 0 Å². The van der Waals surface area contributed by atoms with Crippen molar-refractivity contribution >= 4 is 32.6 Å². The molecule has 0 saturated heterocycles. The number of nitrogens with zero attached hydrogens (tertiary/aromatic N) is 2. The highest BCUT2D eigenvalue weighted by Gasteiger charge is 2.17. The fourth-order valence-electron chi connectivity index (χ4n) is 2.48. The van der Waals surface area contributed by atoms with Gasteiger partial charge in [-0.1, -0.05) is 0 Å². The summed E-state index contributed by atoms with van der Waals surface area (Å²) in [5.41, 5.74) is 12.5. The maximum Gasteiger partial charge on any atom is 0.269 e. The Morgan fingerprint density at radius 1 is 0.778 bits per heavy atom. The van der Waals surface area contributed by atoms with E-state index in [1.54, 1.807) is 0 Å². The molecule has 0 spiro atoms. The number of non-ortho nitro benzene ring substituents is 2. The van der Waals surface area contributed by atoms with Crippen molar-refractivity contribution in [2.45, 2.75) is 12.8 Å². The van der Waals surface area contributed by atoms with Crippen molar-refractivity contribution in [3.05, 3.63) is 67.8 Å². The molecule has 0 radical (unpaired) electrons. The van der Waals surface area contributed by atoms with Crippen LogP contribution in [0.25, 0.3) is 0 Å². The Balaban J connectivity index is 2.06. The molecule has 0 aromatic heterocycles. The van der Waals surface area contributed by atoms with E-state index in [1.165, 1.54) is 36.4 Å². The Labute approximate surface area is 155 Å². The summed E-state index contributed by atoms with van der Waals surface area (Å²) < 4.78 is 24.6. The van der Waals surface area contributed by atoms with Gasteiger partial charge in [0, 0.05) is 35.6 Å². The minimum Gasteiger partial charge on any atom is -0.398 e. The van der Waals surface area contributed by atoms with Crippen molar-refractivity contribution in [2.24, 2.45) is 0 Å². The molecule has 0 aliphatic carbocycles. The molecule has 2 aromatic carbocycles. The minimum atomic E-state index is -3.53. The lowest BCUT2D eigenvalue weighted by Crippen LogP contribution is -2.16. The largest absolute Gasteiger partial charge is 0.398 e. The number of sulfone groups is 1. The van der Waals surface area contributed by atoms with E-state index in [-0.39, 0.29) is 47.1 Å². The van der Waals surface area contributed by atoms with Crippen LogP contribution in [0.3, 0.4) is 0 Å². The first kappa shape index (κ1) is 20.1. The van der Waals surface area contributed by atoms with Crippen LogP contribution >= 0.6 is 0 Å². The summed E-state index contributed by atoms with van der Waals surface area (Å²) in [6.45, 7) is 0. The van der Waals surface area contributed by atoms with Gasteiger partial charge >= 0.3 is 0 Å². The maximum atomic E-state index is 12.3. The highest BCUT2D eigenvalue weighted by molar-refractivity contribution is 7.91. The average molecular weight is 394 g/mol. The first-order valence-corrected chi connectivity index (χ1v) is 9.67. The first-order valence-electron chi connectivity index (χ1n) is 7.85. The number of nitrogen functional groups attached to an aromatic ring is 2. The lowest BCUT2D eigenvalue weighted by Gasteiger charge is -2.08. The van der Waals surface area contributed by atoms with Gasteiger partial charge in [-0.05, 0) is 36.1 Å². The lowest BCUT2D eigenvalue weighted by atomic mass is 10.1. The summed E-state index contributed by atoms with van der Waals surface area (Å²) in [4.78, 5) is 20.5. The molecule has 0 fully saturated rings. The highest BCUT2D eigenvalue weighted by atomic mass is 32.2. The molecule has 10 nitrogen and oxygen atoms in total. The van der Waals surface area contributed by atoms with Gasteiger partial charge in [0.15, 0.2) is 9.84 Å². The number of hydrogen-bond donors (Lipinski definition) is 2. The molecule has 0 bridgehead atoms. The van der Waals surface area contributed by atoms with Gasteiger partial charge in [-0.3, -0.25) is 20.2 Å². The monoisotopic (exact) mass is 394 g/mol. The molecule has 0 aliphatic rings. The quantitative estimate of drug-likeness (QED) is 0.388. The number of nitro groups is 2. The van der Waals surface area contributed by atoms with Crippen molar-refractivity contribution in [1.82, 2.24) is 0 Å². The SMILES string of the molecule is Nc1ccc([N+](=O)[O-])cc1CCS(=O)(=O)CCc1cc([N+](=O)[O-])ccc1N. The van der Waals surface area contributed by atoms with E-state index >= 15 is 0 Å². The molecule has 0 heterocycles.